The lowest BCUT2D eigenvalue weighted by atomic mass is 9.85. The third-order valence-electron chi connectivity index (χ3n) is 4.24. The molecule has 0 radical (unpaired) electrons. The Balaban J connectivity index is 0.00000147. The summed E-state index contributed by atoms with van der Waals surface area (Å²) in [5.41, 5.74) is 0. The molecule has 0 spiro atoms. The molecule has 1 aromatic heterocycles. The smallest absolute Gasteiger partial charge is 0.237 e. The average Bonchev–Trinajstić information content (AvgIpc) is 3.01. The molecule has 2 fully saturated rings. The van der Waals surface area contributed by atoms with Gasteiger partial charge in [-0.05, 0) is 53.2 Å². The van der Waals surface area contributed by atoms with Gasteiger partial charge < -0.3 is 10.6 Å². The maximum atomic E-state index is 12.2. The molecule has 20 heavy (non-hydrogen) atoms. The molecule has 2 heterocycles. The number of nitrogens with one attached hydrogen (secondary N) is 2. The molecule has 3 rings (SSSR count). The third kappa shape index (κ3) is 3.75. The summed E-state index contributed by atoms with van der Waals surface area (Å²) in [6.45, 7) is 0.641. The first-order valence-corrected chi connectivity index (χ1v) is 8.61. The predicted octanol–water partition coefficient (Wildman–Crippen LogP) is 3.47. The van der Waals surface area contributed by atoms with E-state index in [1.54, 1.807) is 11.3 Å². The topological polar surface area (TPSA) is 41.1 Å². The van der Waals surface area contributed by atoms with Gasteiger partial charge in [-0.25, -0.2) is 0 Å². The van der Waals surface area contributed by atoms with Crippen LogP contribution in [0.25, 0.3) is 0 Å². The van der Waals surface area contributed by atoms with Gasteiger partial charge in [-0.3, -0.25) is 4.79 Å². The number of hydrogen-bond acceptors (Lipinski definition) is 3. The van der Waals surface area contributed by atoms with Crippen LogP contribution in [0.4, 0.5) is 0 Å². The van der Waals surface area contributed by atoms with Crippen LogP contribution >= 0.6 is 39.7 Å². The summed E-state index contributed by atoms with van der Waals surface area (Å²) >= 11 is 5.11. The number of halogens is 2. The fraction of sp³-hybridized carbons (Fsp3) is 0.643. The average molecular weight is 380 g/mol. The number of rotatable bonds is 3. The number of carbonyl (C=O) groups excluding carboxylic acids is 1. The first-order valence-electron chi connectivity index (χ1n) is 7.00. The van der Waals surface area contributed by atoms with Crippen molar-refractivity contribution in [2.24, 2.45) is 5.92 Å². The standard InChI is InChI=1S/C14H19BrN2OS.ClH/c15-13-6-5-10(19-13)8-16-14(18)12-7-9-3-1-2-4-11(9)17-12;/h5-6,9,11-12,17H,1-4,7-8H2,(H,16,18);1H. The van der Waals surface area contributed by atoms with Crippen LogP contribution in [0, 0.1) is 5.92 Å². The molecule has 2 N–H and O–H groups in total. The van der Waals surface area contributed by atoms with Crippen molar-refractivity contribution in [2.45, 2.75) is 50.7 Å². The second-order valence-electron chi connectivity index (χ2n) is 5.53. The van der Waals surface area contributed by atoms with E-state index in [2.05, 4.69) is 32.6 Å². The van der Waals surface area contributed by atoms with Crippen molar-refractivity contribution in [3.8, 4) is 0 Å². The predicted molar refractivity (Wildman–Crippen MR) is 88.4 cm³/mol. The van der Waals surface area contributed by atoms with Crippen molar-refractivity contribution in [2.75, 3.05) is 0 Å². The molecule has 1 amide bonds. The molecule has 3 nitrogen and oxygen atoms in total. The minimum atomic E-state index is 0. The Hall–Kier alpha value is -0.100. The fourth-order valence-electron chi connectivity index (χ4n) is 3.27. The van der Waals surface area contributed by atoms with Crippen LogP contribution in [0.5, 0.6) is 0 Å². The molecule has 3 unspecified atom stereocenters. The quantitative estimate of drug-likeness (QED) is 0.844. The van der Waals surface area contributed by atoms with Crippen LogP contribution in [0.2, 0.25) is 0 Å². The van der Waals surface area contributed by atoms with Crippen LogP contribution in [-0.4, -0.2) is 18.0 Å². The van der Waals surface area contributed by atoms with Crippen LogP contribution in [-0.2, 0) is 11.3 Å². The summed E-state index contributed by atoms with van der Waals surface area (Å²) in [5.74, 6) is 0.888. The summed E-state index contributed by atoms with van der Waals surface area (Å²) in [5, 5.41) is 6.57. The number of hydrogen-bond donors (Lipinski definition) is 2. The van der Waals surface area contributed by atoms with E-state index in [-0.39, 0.29) is 24.4 Å². The SMILES string of the molecule is Cl.O=C(NCc1ccc(Br)s1)C1CC2CCCCC2N1. The minimum Gasteiger partial charge on any atom is -0.350 e. The molecule has 2 aliphatic rings. The normalized spacial score (nSPS) is 28.6. The Morgan fingerprint density at radius 1 is 1.40 bits per heavy atom. The maximum absolute atomic E-state index is 12.2. The van der Waals surface area contributed by atoms with Gasteiger partial charge in [0.1, 0.15) is 0 Å². The number of carbonyl (C=O) groups is 1. The second-order valence-corrected chi connectivity index (χ2v) is 8.08. The Kier molecular flexibility index (Phi) is 5.90. The molecule has 1 aliphatic carbocycles. The Labute approximate surface area is 138 Å². The number of thiophene rings is 1. The van der Waals surface area contributed by atoms with E-state index in [1.807, 2.05) is 6.07 Å². The fourth-order valence-corrected chi connectivity index (χ4v) is 4.69. The highest BCUT2D eigenvalue weighted by atomic mass is 79.9. The first-order chi connectivity index (χ1) is 9.22. The molecular formula is C14H20BrClN2OS. The van der Waals surface area contributed by atoms with Crippen molar-refractivity contribution in [3.63, 3.8) is 0 Å². The Morgan fingerprint density at radius 3 is 2.90 bits per heavy atom. The van der Waals surface area contributed by atoms with E-state index in [4.69, 9.17) is 0 Å². The summed E-state index contributed by atoms with van der Waals surface area (Å²) in [6, 6.07) is 4.68. The monoisotopic (exact) mass is 378 g/mol. The van der Waals surface area contributed by atoms with Crippen LogP contribution in [0.1, 0.15) is 37.0 Å². The summed E-state index contributed by atoms with van der Waals surface area (Å²) in [6.07, 6.45) is 6.20. The third-order valence-corrected chi connectivity index (χ3v) is 5.87. The molecule has 1 aromatic rings. The summed E-state index contributed by atoms with van der Waals surface area (Å²) in [4.78, 5) is 13.4. The van der Waals surface area contributed by atoms with Gasteiger partial charge in [0.05, 0.1) is 16.4 Å². The summed E-state index contributed by atoms with van der Waals surface area (Å²) < 4.78 is 1.11. The van der Waals surface area contributed by atoms with Gasteiger partial charge in [0.15, 0.2) is 0 Å². The molecule has 1 saturated heterocycles. The first kappa shape index (κ1) is 16.3. The van der Waals surface area contributed by atoms with E-state index in [9.17, 15) is 4.79 Å². The van der Waals surface area contributed by atoms with Crippen LogP contribution in [0.15, 0.2) is 15.9 Å². The molecule has 112 valence electrons. The van der Waals surface area contributed by atoms with E-state index in [1.165, 1.54) is 30.6 Å². The van der Waals surface area contributed by atoms with Gasteiger partial charge in [0.25, 0.3) is 0 Å². The van der Waals surface area contributed by atoms with E-state index in [0.717, 1.165) is 16.1 Å². The second kappa shape index (κ2) is 7.25. The number of amides is 1. The van der Waals surface area contributed by atoms with Gasteiger partial charge in [-0.2, -0.15) is 0 Å². The lowest BCUT2D eigenvalue weighted by Gasteiger charge is -2.24. The molecule has 3 atom stereocenters. The van der Waals surface area contributed by atoms with E-state index >= 15 is 0 Å². The zero-order valence-electron chi connectivity index (χ0n) is 11.2. The molecule has 6 heteroatoms. The Morgan fingerprint density at radius 2 is 2.20 bits per heavy atom. The van der Waals surface area contributed by atoms with Gasteiger partial charge >= 0.3 is 0 Å². The zero-order valence-corrected chi connectivity index (χ0v) is 14.5. The molecule has 1 aliphatic heterocycles. The van der Waals surface area contributed by atoms with Gasteiger partial charge in [-0.15, -0.1) is 23.7 Å². The van der Waals surface area contributed by atoms with Crippen molar-refractivity contribution in [3.05, 3.63) is 20.8 Å². The van der Waals surface area contributed by atoms with Gasteiger partial charge in [-0.1, -0.05) is 12.8 Å². The largest absolute Gasteiger partial charge is 0.350 e. The van der Waals surface area contributed by atoms with Gasteiger partial charge in [0, 0.05) is 10.9 Å². The molecular weight excluding hydrogens is 360 g/mol. The van der Waals surface area contributed by atoms with E-state index in [0.29, 0.717) is 12.6 Å². The van der Waals surface area contributed by atoms with Gasteiger partial charge in [0.2, 0.25) is 5.91 Å². The van der Waals surface area contributed by atoms with E-state index < -0.39 is 0 Å². The van der Waals surface area contributed by atoms with Crippen LogP contribution in [0.3, 0.4) is 0 Å². The summed E-state index contributed by atoms with van der Waals surface area (Å²) in [7, 11) is 0. The minimum absolute atomic E-state index is 0. The van der Waals surface area contributed by atoms with Crippen molar-refractivity contribution in [1.29, 1.82) is 0 Å². The van der Waals surface area contributed by atoms with Crippen molar-refractivity contribution >= 4 is 45.6 Å². The molecule has 0 bridgehead atoms. The molecule has 1 saturated carbocycles. The van der Waals surface area contributed by atoms with Crippen LogP contribution < -0.4 is 10.6 Å². The highest BCUT2D eigenvalue weighted by Gasteiger charge is 2.37. The highest BCUT2D eigenvalue weighted by Crippen LogP contribution is 2.33. The number of fused-ring (bicyclic) bond motifs is 1. The van der Waals surface area contributed by atoms with Crippen molar-refractivity contribution in [1.82, 2.24) is 10.6 Å². The zero-order chi connectivity index (χ0) is 13.2. The molecule has 0 aromatic carbocycles. The Bertz CT molecular complexity index is 454. The lowest BCUT2D eigenvalue weighted by Crippen LogP contribution is -2.42. The lowest BCUT2D eigenvalue weighted by molar-refractivity contribution is -0.123. The highest BCUT2D eigenvalue weighted by molar-refractivity contribution is 9.11. The van der Waals surface area contributed by atoms with Crippen molar-refractivity contribution < 1.29 is 4.79 Å². The maximum Gasteiger partial charge on any atom is 0.237 e.